The molecule has 0 radical (unpaired) electrons. The van der Waals surface area contributed by atoms with Crippen molar-refractivity contribution in [2.45, 2.75) is 0 Å². The van der Waals surface area contributed by atoms with Gasteiger partial charge in [0, 0.05) is 44.8 Å². The molecular weight excluding hydrogens is 560 g/mol. The van der Waals surface area contributed by atoms with Crippen LogP contribution in [0.3, 0.4) is 0 Å². The number of aromatic amines is 2. The molecule has 8 bridgehead atoms. The number of anilines is 8. The second kappa shape index (κ2) is 9.78. The van der Waals surface area contributed by atoms with Gasteiger partial charge in [-0.05, 0) is 21.5 Å². The minimum Gasteiger partial charge on any atom is -0.412 e. The summed E-state index contributed by atoms with van der Waals surface area (Å²) in [6.45, 7) is 0. The van der Waals surface area contributed by atoms with Crippen LogP contribution in [0.2, 0.25) is 0 Å². The average molecular weight is 584 g/mol. The summed E-state index contributed by atoms with van der Waals surface area (Å²) in [6.07, 6.45) is 0. The van der Waals surface area contributed by atoms with Crippen molar-refractivity contribution in [2.75, 3.05) is 21.3 Å². The van der Waals surface area contributed by atoms with E-state index in [0.717, 1.165) is 89.6 Å². The quantitative estimate of drug-likeness (QED) is 0.103. The summed E-state index contributed by atoms with van der Waals surface area (Å²) in [7, 11) is 0. The third kappa shape index (κ3) is 3.79. The topological polar surface area (TPSA) is 139 Å². The Balaban J connectivity index is 0.00000144. The normalized spacial score (nSPS) is 12.2. The van der Waals surface area contributed by atoms with Crippen LogP contribution in [0.25, 0.3) is 43.1 Å². The Morgan fingerprint density at radius 3 is 0.786 bits per heavy atom. The fraction of sp³-hybridized carbons (Fsp3) is 0. The number of H-pyrrole nitrogens is 2. The first-order valence-corrected chi connectivity index (χ1v) is 13.2. The first kappa shape index (κ1) is 25.9. The maximum absolute atomic E-state index is 5.04. The summed E-state index contributed by atoms with van der Waals surface area (Å²) < 4.78 is 0. The predicted molar refractivity (Wildman–Crippen MR) is 168 cm³/mol. The smallest absolute Gasteiger partial charge is 0.412 e. The molecule has 1 aliphatic rings. The first-order valence-electron chi connectivity index (χ1n) is 13.2. The van der Waals surface area contributed by atoms with E-state index in [1.807, 2.05) is 48.5 Å². The minimum absolute atomic E-state index is 0. The van der Waals surface area contributed by atoms with Crippen LogP contribution in [-0.4, -0.2) is 15.4 Å². The minimum atomic E-state index is 0. The van der Waals surface area contributed by atoms with Gasteiger partial charge in [-0.3, -0.25) is 0 Å². The van der Waals surface area contributed by atoms with Gasteiger partial charge in [-0.15, -0.1) is 0 Å². The summed E-state index contributed by atoms with van der Waals surface area (Å²) >= 11 is 0. The Labute approximate surface area is 254 Å². The predicted octanol–water partition coefficient (Wildman–Crippen LogP) is 7.33. The zero-order valence-corrected chi connectivity index (χ0v) is 23.7. The van der Waals surface area contributed by atoms with Crippen molar-refractivity contribution >= 4 is 89.6 Å². The van der Waals surface area contributed by atoms with Crippen LogP contribution in [0.1, 0.15) is 0 Å². The molecule has 4 aromatic carbocycles. The van der Waals surface area contributed by atoms with Gasteiger partial charge in [-0.1, -0.05) is 97.1 Å². The van der Waals surface area contributed by atoms with E-state index in [1.54, 1.807) is 0 Å². The van der Waals surface area contributed by atoms with Crippen LogP contribution in [0.5, 0.6) is 0 Å². The van der Waals surface area contributed by atoms with E-state index in [2.05, 4.69) is 79.8 Å². The molecule has 5 heterocycles. The fourth-order valence-corrected chi connectivity index (χ4v) is 5.86. The van der Waals surface area contributed by atoms with Crippen molar-refractivity contribution in [1.29, 1.82) is 0 Å². The maximum Gasteiger partial charge on any atom is 2.00 e. The van der Waals surface area contributed by atoms with Gasteiger partial charge >= 0.3 is 21.7 Å². The van der Waals surface area contributed by atoms with Gasteiger partial charge in [0.25, 0.3) is 0 Å². The van der Waals surface area contributed by atoms with Gasteiger partial charge in [-0.25, -0.2) is 0 Å². The monoisotopic (exact) mass is 584 g/mol. The van der Waals surface area contributed by atoms with Gasteiger partial charge in [0.15, 0.2) is 0 Å². The van der Waals surface area contributed by atoms with E-state index in [1.165, 1.54) is 0 Å². The van der Waals surface area contributed by atoms with Crippen LogP contribution in [-0.2, 0) is 21.7 Å². The molecule has 10 heteroatoms. The molecule has 202 valence electrons. The van der Waals surface area contributed by atoms with Crippen LogP contribution in [0.4, 0.5) is 46.5 Å². The Morgan fingerprint density at radius 1 is 0.333 bits per heavy atom. The standard InChI is InChI=1S/C32H22N8.H2O.Ti/c1-2-10-18-17(9-1)25-33-26(18)38-28-21-13-5-6-14-22(21)30(35-28)40-32-24-16-8-7-15-23(24)31(36-32)39-29-20-12-4-3-11-19(20)27(34-29)37-25;;/h1-16,33,36-40H;1H2;/q-2;;+2. The number of rotatable bonds is 0. The van der Waals surface area contributed by atoms with E-state index >= 15 is 0 Å². The van der Waals surface area contributed by atoms with E-state index < -0.39 is 0 Å². The van der Waals surface area contributed by atoms with Crippen molar-refractivity contribution in [3.8, 4) is 0 Å². The fourth-order valence-electron chi connectivity index (χ4n) is 5.86. The number of fused-ring (bicyclic) bond motifs is 20. The Morgan fingerprint density at radius 2 is 0.548 bits per heavy atom. The van der Waals surface area contributed by atoms with Crippen LogP contribution < -0.4 is 31.2 Å². The Hall–Kier alpha value is -5.09. The molecule has 0 aliphatic carbocycles. The van der Waals surface area contributed by atoms with E-state index in [4.69, 9.17) is 9.97 Å². The van der Waals surface area contributed by atoms with Crippen LogP contribution in [0.15, 0.2) is 97.1 Å². The van der Waals surface area contributed by atoms with Gasteiger partial charge in [0.1, 0.15) is 0 Å². The van der Waals surface area contributed by atoms with Gasteiger partial charge in [0.05, 0.1) is 23.3 Å². The Kier molecular flexibility index (Phi) is 6.02. The molecule has 0 fully saturated rings. The molecule has 9 rings (SSSR count). The molecule has 1 aliphatic heterocycles. The van der Waals surface area contributed by atoms with Crippen molar-refractivity contribution in [3.63, 3.8) is 0 Å². The average Bonchev–Trinajstić information content (AvgIpc) is 3.73. The van der Waals surface area contributed by atoms with Crippen molar-refractivity contribution < 1.29 is 27.2 Å². The molecular formula is C32H24N8OTi. The van der Waals surface area contributed by atoms with E-state index in [0.29, 0.717) is 0 Å². The molecule has 0 amide bonds. The number of hydrogen-bond acceptors (Lipinski definition) is 4. The second-order valence-corrected chi connectivity index (χ2v) is 10.1. The third-order valence-electron chi connectivity index (χ3n) is 7.73. The molecule has 42 heavy (non-hydrogen) atoms. The molecule has 0 atom stereocenters. The number of hydrogen-bond donors (Lipinski definition) is 6. The SMILES string of the molecule is O.[Ti+2].c1ccc2c3[n-]c(c2c1)Nc1[nH]c(c2ccccc12)Nc1[n-]c(c2ccccc12)Nc1[nH]c(c2ccccc12)N3. The van der Waals surface area contributed by atoms with Crippen molar-refractivity contribution in [3.05, 3.63) is 97.1 Å². The number of nitrogens with zero attached hydrogens (tertiary/aromatic N) is 2. The molecule has 0 spiro atoms. The zero-order valence-electron chi connectivity index (χ0n) is 22.1. The van der Waals surface area contributed by atoms with E-state index in [-0.39, 0.29) is 27.2 Å². The Bertz CT molecular complexity index is 1790. The summed E-state index contributed by atoms with van der Waals surface area (Å²) in [4.78, 5) is 17.2. The maximum atomic E-state index is 5.04. The summed E-state index contributed by atoms with van der Waals surface area (Å²) in [5, 5.41) is 22.8. The molecule has 0 saturated carbocycles. The molecule has 8 N–H and O–H groups in total. The number of aromatic nitrogens is 4. The van der Waals surface area contributed by atoms with E-state index in [9.17, 15) is 0 Å². The van der Waals surface area contributed by atoms with Crippen LogP contribution in [0, 0.1) is 0 Å². The van der Waals surface area contributed by atoms with Crippen molar-refractivity contribution in [2.24, 2.45) is 0 Å². The van der Waals surface area contributed by atoms with Crippen molar-refractivity contribution in [1.82, 2.24) is 19.9 Å². The number of nitrogens with one attached hydrogen (secondary N) is 6. The molecule has 9 nitrogen and oxygen atoms in total. The molecule has 0 saturated heterocycles. The largest absolute Gasteiger partial charge is 2.00 e. The zero-order chi connectivity index (χ0) is 26.2. The molecule has 0 unspecified atom stereocenters. The number of benzene rings is 4. The van der Waals surface area contributed by atoms with Gasteiger partial charge in [0.2, 0.25) is 0 Å². The summed E-state index contributed by atoms with van der Waals surface area (Å²) in [5.41, 5.74) is 0. The molecule has 8 aromatic rings. The third-order valence-corrected chi connectivity index (χ3v) is 7.73. The van der Waals surface area contributed by atoms with Gasteiger partial charge < -0.3 is 46.7 Å². The van der Waals surface area contributed by atoms with Gasteiger partial charge in [-0.2, -0.15) is 0 Å². The first-order chi connectivity index (χ1) is 19.8. The second-order valence-electron chi connectivity index (χ2n) is 10.1. The molecule has 4 aromatic heterocycles. The van der Waals surface area contributed by atoms with Crippen LogP contribution >= 0.6 is 0 Å². The summed E-state index contributed by atoms with van der Waals surface area (Å²) in [5.74, 6) is 6.55. The summed E-state index contributed by atoms with van der Waals surface area (Å²) in [6, 6.07) is 33.1.